The van der Waals surface area contributed by atoms with Gasteiger partial charge in [0.1, 0.15) is 0 Å². The van der Waals surface area contributed by atoms with Crippen molar-refractivity contribution in [2.45, 2.75) is 46.0 Å². The van der Waals surface area contributed by atoms with E-state index in [9.17, 15) is 0 Å². The number of hydrogen-bond acceptors (Lipinski definition) is 6. The van der Waals surface area contributed by atoms with Gasteiger partial charge < -0.3 is 24.6 Å². The summed E-state index contributed by atoms with van der Waals surface area (Å²) in [5, 5.41) is 10.6. The van der Waals surface area contributed by atoms with Gasteiger partial charge in [-0.3, -0.25) is 4.99 Å². The first-order chi connectivity index (χ1) is 14.1. The number of nitrogens with zero attached hydrogens (tertiary/aromatic N) is 3. The summed E-state index contributed by atoms with van der Waals surface area (Å²) in [5.41, 5.74) is 1.22. The van der Waals surface area contributed by atoms with Gasteiger partial charge in [0.15, 0.2) is 23.3 Å². The van der Waals surface area contributed by atoms with E-state index in [2.05, 4.69) is 31.8 Å². The van der Waals surface area contributed by atoms with Crippen LogP contribution in [-0.2, 0) is 12.8 Å². The van der Waals surface area contributed by atoms with Crippen LogP contribution < -0.4 is 20.1 Å². The summed E-state index contributed by atoms with van der Waals surface area (Å²) >= 11 is 0. The van der Waals surface area contributed by atoms with Crippen molar-refractivity contribution < 1.29 is 14.0 Å². The second kappa shape index (κ2) is 14.1. The van der Waals surface area contributed by atoms with Crippen molar-refractivity contribution in [3.63, 3.8) is 0 Å². The van der Waals surface area contributed by atoms with Crippen LogP contribution in [0.1, 0.15) is 50.4 Å². The molecule has 0 radical (unpaired) electrons. The fraction of sp³-hybridized carbons (Fsp3) is 0.571. The molecule has 1 heterocycles. The quantitative estimate of drug-likeness (QED) is 0.198. The Morgan fingerprint density at radius 2 is 1.93 bits per heavy atom. The Kier molecular flexibility index (Phi) is 12.2. The number of ether oxygens (including phenoxy) is 2. The van der Waals surface area contributed by atoms with Gasteiger partial charge in [0.2, 0.25) is 5.89 Å². The van der Waals surface area contributed by atoms with Gasteiger partial charge in [-0.25, -0.2) is 0 Å². The first kappa shape index (κ1) is 26.0. The number of methoxy groups -OCH3 is 1. The zero-order valence-corrected chi connectivity index (χ0v) is 20.9. The lowest BCUT2D eigenvalue weighted by Crippen LogP contribution is -2.38. The summed E-state index contributed by atoms with van der Waals surface area (Å²) in [5.74, 6) is 3.97. The zero-order chi connectivity index (χ0) is 21.1. The lowest BCUT2D eigenvalue weighted by molar-refractivity contribution is 0.310. The number of aryl methyl sites for hydroxylation is 1. The molecule has 0 aliphatic rings. The number of aliphatic imine (C=N–C) groups is 1. The maximum absolute atomic E-state index is 5.64. The summed E-state index contributed by atoms with van der Waals surface area (Å²) in [6.07, 6.45) is 2.57. The molecule has 8 nitrogen and oxygen atoms in total. The molecule has 0 bridgehead atoms. The number of guanidine groups is 1. The number of nitrogens with one attached hydrogen (secondary N) is 2. The molecule has 2 N–H and O–H groups in total. The molecular formula is C21H34IN5O3. The van der Waals surface area contributed by atoms with Gasteiger partial charge in [-0.15, -0.1) is 24.0 Å². The van der Waals surface area contributed by atoms with E-state index in [1.807, 2.05) is 32.9 Å². The zero-order valence-electron chi connectivity index (χ0n) is 18.5. The molecule has 0 amide bonds. The van der Waals surface area contributed by atoms with Crippen LogP contribution >= 0.6 is 24.0 Å². The molecule has 0 atom stereocenters. The van der Waals surface area contributed by atoms with Crippen LogP contribution in [0.4, 0.5) is 0 Å². The van der Waals surface area contributed by atoms with E-state index in [1.54, 1.807) is 14.2 Å². The molecule has 0 aliphatic carbocycles. The predicted molar refractivity (Wildman–Crippen MR) is 129 cm³/mol. The third-order valence-corrected chi connectivity index (χ3v) is 4.32. The number of hydrogen-bond donors (Lipinski definition) is 2. The second-order valence-corrected chi connectivity index (χ2v) is 6.90. The highest BCUT2D eigenvalue weighted by Crippen LogP contribution is 2.28. The SMILES string of the molecule is CCOc1cc(CCCNC(=NC)NCCc2nc(C(C)C)no2)ccc1OC.I. The van der Waals surface area contributed by atoms with E-state index < -0.39 is 0 Å². The molecular weight excluding hydrogens is 497 g/mol. The van der Waals surface area contributed by atoms with Gasteiger partial charge in [-0.05, 0) is 37.5 Å². The minimum absolute atomic E-state index is 0. The van der Waals surface area contributed by atoms with Crippen LogP contribution in [0.25, 0.3) is 0 Å². The Hall–Kier alpha value is -2.04. The minimum Gasteiger partial charge on any atom is -0.493 e. The second-order valence-electron chi connectivity index (χ2n) is 6.90. The first-order valence-electron chi connectivity index (χ1n) is 10.1. The standard InChI is InChI=1S/C21H33N5O3.HI/c1-6-28-18-14-16(9-10-17(18)27-5)8-7-12-23-21(22-4)24-13-11-19-25-20(15(2)3)26-29-19;/h9-10,14-15H,6-8,11-13H2,1-5H3,(H2,22,23,24);1H. The van der Waals surface area contributed by atoms with Crippen LogP contribution in [-0.4, -0.2) is 50.0 Å². The lowest BCUT2D eigenvalue weighted by Gasteiger charge is -2.12. The molecule has 1 aromatic heterocycles. The molecule has 0 spiro atoms. The Morgan fingerprint density at radius 1 is 1.17 bits per heavy atom. The Bertz CT molecular complexity index is 780. The van der Waals surface area contributed by atoms with E-state index >= 15 is 0 Å². The van der Waals surface area contributed by atoms with Crippen molar-refractivity contribution in [1.82, 2.24) is 20.8 Å². The van der Waals surface area contributed by atoms with E-state index in [1.165, 1.54) is 5.56 Å². The van der Waals surface area contributed by atoms with Crippen molar-refractivity contribution in [3.8, 4) is 11.5 Å². The average Bonchev–Trinajstić information content (AvgIpc) is 3.19. The van der Waals surface area contributed by atoms with Gasteiger partial charge in [0.05, 0.1) is 13.7 Å². The number of aromatic nitrogens is 2. The van der Waals surface area contributed by atoms with Gasteiger partial charge in [0, 0.05) is 32.5 Å². The highest BCUT2D eigenvalue weighted by atomic mass is 127. The largest absolute Gasteiger partial charge is 0.493 e. The number of benzene rings is 1. The molecule has 0 unspecified atom stereocenters. The number of rotatable bonds is 11. The minimum atomic E-state index is 0. The van der Waals surface area contributed by atoms with Crippen LogP contribution in [0.5, 0.6) is 11.5 Å². The summed E-state index contributed by atoms with van der Waals surface area (Å²) in [7, 11) is 3.42. The maximum atomic E-state index is 5.64. The van der Waals surface area contributed by atoms with Crippen LogP contribution in [0.2, 0.25) is 0 Å². The molecule has 1 aromatic carbocycles. The number of halogens is 1. The van der Waals surface area contributed by atoms with Crippen molar-refractivity contribution in [3.05, 3.63) is 35.5 Å². The molecule has 9 heteroatoms. The first-order valence-corrected chi connectivity index (χ1v) is 10.1. The normalized spacial score (nSPS) is 11.2. The highest BCUT2D eigenvalue weighted by molar-refractivity contribution is 14.0. The van der Waals surface area contributed by atoms with Gasteiger partial charge in [-0.2, -0.15) is 4.98 Å². The molecule has 2 rings (SSSR count). The summed E-state index contributed by atoms with van der Waals surface area (Å²) in [6, 6.07) is 6.08. The van der Waals surface area contributed by atoms with E-state index in [-0.39, 0.29) is 29.9 Å². The lowest BCUT2D eigenvalue weighted by atomic mass is 10.1. The Labute approximate surface area is 196 Å². The Balaban J connectivity index is 0.00000450. The average molecular weight is 531 g/mol. The topological polar surface area (TPSA) is 93.8 Å². The van der Waals surface area contributed by atoms with Gasteiger partial charge >= 0.3 is 0 Å². The van der Waals surface area contributed by atoms with E-state index in [4.69, 9.17) is 14.0 Å². The van der Waals surface area contributed by atoms with Crippen LogP contribution in [0.15, 0.2) is 27.7 Å². The fourth-order valence-corrected chi connectivity index (χ4v) is 2.76. The van der Waals surface area contributed by atoms with Crippen molar-refractivity contribution in [1.29, 1.82) is 0 Å². The summed E-state index contributed by atoms with van der Waals surface area (Å²) < 4.78 is 16.2. The fourth-order valence-electron chi connectivity index (χ4n) is 2.76. The Morgan fingerprint density at radius 3 is 2.57 bits per heavy atom. The predicted octanol–water partition coefficient (Wildman–Crippen LogP) is 3.56. The summed E-state index contributed by atoms with van der Waals surface area (Å²) in [4.78, 5) is 8.63. The van der Waals surface area contributed by atoms with Crippen molar-refractivity contribution >= 4 is 29.9 Å². The highest BCUT2D eigenvalue weighted by Gasteiger charge is 2.09. The van der Waals surface area contributed by atoms with Crippen LogP contribution in [0, 0.1) is 0 Å². The third-order valence-electron chi connectivity index (χ3n) is 4.32. The molecule has 0 aliphatic heterocycles. The molecule has 30 heavy (non-hydrogen) atoms. The molecule has 0 saturated carbocycles. The van der Waals surface area contributed by atoms with Crippen LogP contribution in [0.3, 0.4) is 0 Å². The molecule has 168 valence electrons. The van der Waals surface area contributed by atoms with Crippen molar-refractivity contribution in [2.24, 2.45) is 4.99 Å². The van der Waals surface area contributed by atoms with E-state index in [0.717, 1.165) is 42.7 Å². The third kappa shape index (κ3) is 8.37. The van der Waals surface area contributed by atoms with Gasteiger partial charge in [-0.1, -0.05) is 25.1 Å². The smallest absolute Gasteiger partial charge is 0.228 e. The maximum Gasteiger partial charge on any atom is 0.228 e. The van der Waals surface area contributed by atoms with Crippen molar-refractivity contribution in [2.75, 3.05) is 33.9 Å². The molecule has 0 saturated heterocycles. The molecule has 2 aromatic rings. The summed E-state index contributed by atoms with van der Waals surface area (Å²) in [6.45, 7) is 8.16. The van der Waals surface area contributed by atoms with Gasteiger partial charge in [0.25, 0.3) is 0 Å². The molecule has 0 fully saturated rings. The monoisotopic (exact) mass is 531 g/mol. The van der Waals surface area contributed by atoms with E-state index in [0.29, 0.717) is 25.5 Å².